The number of ketones is 1. The van der Waals surface area contributed by atoms with E-state index >= 15 is 0 Å². The molecule has 1 heterocycles. The summed E-state index contributed by atoms with van der Waals surface area (Å²) in [6.45, 7) is 2.71. The molecule has 0 bridgehead atoms. The van der Waals surface area contributed by atoms with Crippen LogP contribution in [0, 0.1) is 10.1 Å². The fourth-order valence-electron chi connectivity index (χ4n) is 2.71. The molecule has 0 aliphatic carbocycles. The van der Waals surface area contributed by atoms with Crippen LogP contribution in [0.2, 0.25) is 0 Å². The lowest BCUT2D eigenvalue weighted by molar-refractivity contribution is -0.531. The zero-order chi connectivity index (χ0) is 17.0. The van der Waals surface area contributed by atoms with Crippen molar-refractivity contribution >= 4 is 17.1 Å². The second-order valence-corrected chi connectivity index (χ2v) is 6.17. The van der Waals surface area contributed by atoms with Crippen molar-refractivity contribution in [3.63, 3.8) is 0 Å². The average Bonchev–Trinajstić information content (AvgIpc) is 3.00. The summed E-state index contributed by atoms with van der Waals surface area (Å²) < 4.78 is 0. The minimum absolute atomic E-state index is 0.0815. The maximum absolute atomic E-state index is 12.0. The highest BCUT2D eigenvalue weighted by Crippen LogP contribution is 2.42. The molecular weight excluding hydrogens is 314 g/mol. The molecule has 6 heteroatoms. The van der Waals surface area contributed by atoms with Crippen LogP contribution in [0.5, 0.6) is 0 Å². The molecule has 0 saturated heterocycles. The minimum atomic E-state index is -1.14. The third kappa shape index (κ3) is 3.65. The Bertz CT molecular complexity index is 718. The highest BCUT2D eigenvalue weighted by atomic mass is 32.1. The predicted molar refractivity (Wildman–Crippen MR) is 89.2 cm³/mol. The van der Waals surface area contributed by atoms with E-state index in [0.717, 1.165) is 0 Å². The van der Waals surface area contributed by atoms with Gasteiger partial charge in [0.05, 0.1) is 11.7 Å². The Labute approximate surface area is 138 Å². The summed E-state index contributed by atoms with van der Waals surface area (Å²) in [5.74, 6) is -1.38. The number of hydrogen-bond acceptors (Lipinski definition) is 5. The number of aliphatic hydroxyl groups excluding tert-OH is 1. The molecule has 2 rings (SSSR count). The number of thiophene rings is 1. The van der Waals surface area contributed by atoms with E-state index in [4.69, 9.17) is 0 Å². The molecule has 0 fully saturated rings. The van der Waals surface area contributed by atoms with E-state index in [1.807, 2.05) is 0 Å². The number of carbonyl (C=O) groups is 1. The first-order valence-electron chi connectivity index (χ1n) is 7.06. The van der Waals surface area contributed by atoms with Gasteiger partial charge < -0.3 is 5.11 Å². The SMILES string of the molecule is CC(=O)/C(=C(\C)O)[C@@H](c1cccs1)[C@H](c1ccccc1)[N+](=O)[O-]. The van der Waals surface area contributed by atoms with Gasteiger partial charge in [0.1, 0.15) is 0 Å². The average molecular weight is 331 g/mol. The zero-order valence-electron chi connectivity index (χ0n) is 12.8. The van der Waals surface area contributed by atoms with Gasteiger partial charge in [-0.15, -0.1) is 11.3 Å². The topological polar surface area (TPSA) is 80.4 Å². The number of nitrogens with zero attached hydrogens (tertiary/aromatic N) is 1. The maximum Gasteiger partial charge on any atom is 0.249 e. The largest absolute Gasteiger partial charge is 0.512 e. The number of aliphatic hydroxyl groups is 1. The monoisotopic (exact) mass is 331 g/mol. The summed E-state index contributed by atoms with van der Waals surface area (Å²) in [7, 11) is 0. The van der Waals surface area contributed by atoms with Gasteiger partial charge in [-0.2, -0.15) is 0 Å². The molecule has 1 aromatic heterocycles. The van der Waals surface area contributed by atoms with Gasteiger partial charge in [-0.05, 0) is 25.3 Å². The molecule has 120 valence electrons. The third-order valence-electron chi connectivity index (χ3n) is 3.61. The second kappa shape index (κ2) is 7.19. The molecule has 0 radical (unpaired) electrons. The number of allylic oxidation sites excluding steroid dienone is 1. The van der Waals surface area contributed by atoms with E-state index in [0.29, 0.717) is 10.4 Å². The molecular formula is C17H17NO4S. The second-order valence-electron chi connectivity index (χ2n) is 5.19. The van der Waals surface area contributed by atoms with E-state index in [-0.39, 0.29) is 17.1 Å². The Morgan fingerprint density at radius 1 is 1.17 bits per heavy atom. The van der Waals surface area contributed by atoms with Crippen LogP contribution in [0.4, 0.5) is 0 Å². The van der Waals surface area contributed by atoms with Gasteiger partial charge >= 0.3 is 0 Å². The van der Waals surface area contributed by atoms with Crippen molar-refractivity contribution in [1.29, 1.82) is 0 Å². The van der Waals surface area contributed by atoms with Crippen LogP contribution in [0.1, 0.15) is 36.2 Å². The summed E-state index contributed by atoms with van der Waals surface area (Å²) in [5, 5.41) is 23.6. The van der Waals surface area contributed by atoms with Crippen molar-refractivity contribution < 1.29 is 14.8 Å². The van der Waals surface area contributed by atoms with Crippen LogP contribution >= 0.6 is 11.3 Å². The standard InChI is InChI=1S/C17H17NO4S/c1-11(19)15(12(2)20)16(14-9-6-10-23-14)17(18(21)22)13-7-4-3-5-8-13/h3-10,16-17,19H,1-2H3/b15-11-/t16-,17+/m1/s1. The lowest BCUT2D eigenvalue weighted by Gasteiger charge is -2.22. The number of benzene rings is 1. The molecule has 2 atom stereocenters. The molecule has 0 amide bonds. The van der Waals surface area contributed by atoms with Gasteiger partial charge in [-0.3, -0.25) is 14.9 Å². The fraction of sp³-hybridized carbons (Fsp3) is 0.235. The first kappa shape index (κ1) is 16.9. The van der Waals surface area contributed by atoms with Gasteiger partial charge in [0.25, 0.3) is 0 Å². The maximum atomic E-state index is 12.0. The Morgan fingerprint density at radius 2 is 1.83 bits per heavy atom. The number of carbonyl (C=O) groups excluding carboxylic acids is 1. The Morgan fingerprint density at radius 3 is 2.26 bits per heavy atom. The quantitative estimate of drug-likeness (QED) is 0.371. The highest BCUT2D eigenvalue weighted by molar-refractivity contribution is 7.10. The summed E-state index contributed by atoms with van der Waals surface area (Å²) in [6, 6.07) is 10.9. The van der Waals surface area contributed by atoms with Crippen molar-refractivity contribution in [3.05, 3.63) is 79.7 Å². The van der Waals surface area contributed by atoms with Crippen LogP contribution < -0.4 is 0 Å². The van der Waals surface area contributed by atoms with Crippen molar-refractivity contribution in [3.8, 4) is 0 Å². The molecule has 0 aliphatic rings. The molecule has 23 heavy (non-hydrogen) atoms. The Kier molecular flexibility index (Phi) is 5.28. The smallest absolute Gasteiger partial charge is 0.249 e. The number of hydrogen-bond donors (Lipinski definition) is 1. The van der Waals surface area contributed by atoms with E-state index in [1.165, 1.54) is 25.2 Å². The third-order valence-corrected chi connectivity index (χ3v) is 4.57. The van der Waals surface area contributed by atoms with Crippen LogP contribution in [0.25, 0.3) is 0 Å². The zero-order valence-corrected chi connectivity index (χ0v) is 13.6. The minimum Gasteiger partial charge on any atom is -0.512 e. The molecule has 5 nitrogen and oxygen atoms in total. The van der Waals surface area contributed by atoms with Crippen molar-refractivity contribution in [2.75, 3.05) is 0 Å². The predicted octanol–water partition coefficient (Wildman–Crippen LogP) is 4.27. The van der Waals surface area contributed by atoms with Crippen molar-refractivity contribution in [2.45, 2.75) is 25.8 Å². The number of Topliss-reactive ketones (excluding diaryl/α,β-unsaturated/α-hetero) is 1. The molecule has 1 N–H and O–H groups in total. The van der Waals surface area contributed by atoms with Crippen LogP contribution in [-0.4, -0.2) is 15.8 Å². The summed E-state index contributed by atoms with van der Waals surface area (Å²) in [4.78, 5) is 24.1. The molecule has 0 spiro atoms. The number of nitro groups is 1. The lowest BCUT2D eigenvalue weighted by Crippen LogP contribution is -2.24. The van der Waals surface area contributed by atoms with Crippen LogP contribution in [0.15, 0.2) is 59.2 Å². The van der Waals surface area contributed by atoms with E-state index in [2.05, 4.69) is 0 Å². The number of rotatable bonds is 6. The van der Waals surface area contributed by atoms with Crippen LogP contribution in [0.3, 0.4) is 0 Å². The molecule has 1 aromatic carbocycles. The first-order chi connectivity index (χ1) is 10.9. The van der Waals surface area contributed by atoms with Gasteiger partial charge in [0.15, 0.2) is 5.78 Å². The normalized spacial score (nSPS) is 14.7. The molecule has 0 aliphatic heterocycles. The molecule has 0 unspecified atom stereocenters. The van der Waals surface area contributed by atoms with Gasteiger partial charge in [0, 0.05) is 20.9 Å². The molecule has 2 aromatic rings. The first-order valence-corrected chi connectivity index (χ1v) is 7.94. The Hall–Kier alpha value is -2.47. The van der Waals surface area contributed by atoms with Crippen LogP contribution in [-0.2, 0) is 4.79 Å². The van der Waals surface area contributed by atoms with E-state index in [1.54, 1.807) is 47.8 Å². The van der Waals surface area contributed by atoms with Gasteiger partial charge in [0.2, 0.25) is 6.04 Å². The van der Waals surface area contributed by atoms with Crippen molar-refractivity contribution in [1.82, 2.24) is 0 Å². The summed E-state index contributed by atoms with van der Waals surface area (Å²) >= 11 is 1.33. The van der Waals surface area contributed by atoms with E-state index < -0.39 is 16.9 Å². The van der Waals surface area contributed by atoms with Gasteiger partial charge in [-0.25, -0.2) is 0 Å². The molecule has 0 saturated carbocycles. The van der Waals surface area contributed by atoms with E-state index in [9.17, 15) is 20.0 Å². The van der Waals surface area contributed by atoms with Gasteiger partial charge in [-0.1, -0.05) is 36.4 Å². The summed E-state index contributed by atoms with van der Waals surface area (Å²) in [6.07, 6.45) is 0. The fourth-order valence-corrected chi connectivity index (χ4v) is 3.57. The Balaban J connectivity index is 2.67. The summed E-state index contributed by atoms with van der Waals surface area (Å²) in [5.41, 5.74) is 0.578. The van der Waals surface area contributed by atoms with Crippen molar-refractivity contribution in [2.24, 2.45) is 0 Å². The lowest BCUT2D eigenvalue weighted by atomic mass is 9.83. The highest BCUT2D eigenvalue weighted by Gasteiger charge is 2.40.